The van der Waals surface area contributed by atoms with Gasteiger partial charge in [-0.15, -0.1) is 11.3 Å². The Hall–Kier alpha value is -3.71. The topological polar surface area (TPSA) is 78.4 Å². The van der Waals surface area contributed by atoms with Gasteiger partial charge in [0.2, 0.25) is 5.89 Å². The molecule has 29 heavy (non-hydrogen) atoms. The van der Waals surface area contributed by atoms with E-state index in [0.717, 1.165) is 10.4 Å². The molecule has 0 aliphatic rings. The highest BCUT2D eigenvalue weighted by Crippen LogP contribution is 2.37. The summed E-state index contributed by atoms with van der Waals surface area (Å²) < 4.78 is 12.4. The Morgan fingerprint density at radius 1 is 1.07 bits per heavy atom. The molecule has 0 aliphatic heterocycles. The molecule has 0 radical (unpaired) electrons. The van der Waals surface area contributed by atoms with Gasteiger partial charge in [0, 0.05) is 21.7 Å². The van der Waals surface area contributed by atoms with Gasteiger partial charge in [-0.3, -0.25) is 10.1 Å². The zero-order valence-corrected chi connectivity index (χ0v) is 16.1. The Balaban J connectivity index is 1.61. The van der Waals surface area contributed by atoms with Crippen LogP contribution in [-0.4, -0.2) is 17.0 Å². The average molecular weight is 402 g/mol. The van der Waals surface area contributed by atoms with E-state index in [2.05, 4.69) is 23.2 Å². The first-order valence-electron chi connectivity index (χ1n) is 8.85. The number of nitrogens with zero attached hydrogens (tertiary/aromatic N) is 2. The van der Waals surface area contributed by atoms with Crippen molar-refractivity contribution in [2.45, 2.75) is 0 Å². The van der Waals surface area contributed by atoms with Crippen molar-refractivity contribution in [3.63, 3.8) is 0 Å². The summed E-state index contributed by atoms with van der Waals surface area (Å²) in [5, 5.41) is 12.4. The summed E-state index contributed by atoms with van der Waals surface area (Å²) in [6, 6.07) is 20.6. The summed E-state index contributed by atoms with van der Waals surface area (Å²) in [5.74, 6) is 0.751. The lowest BCUT2D eigenvalue weighted by Crippen LogP contribution is -1.92. The predicted octanol–water partition coefficient (Wildman–Crippen LogP) is 6.29. The fourth-order valence-electron chi connectivity index (χ4n) is 3.30. The number of thiophene rings is 1. The van der Waals surface area contributed by atoms with Gasteiger partial charge in [-0.2, -0.15) is 0 Å². The van der Waals surface area contributed by atoms with Crippen molar-refractivity contribution < 1.29 is 14.1 Å². The van der Waals surface area contributed by atoms with Gasteiger partial charge in [0.15, 0.2) is 5.58 Å². The molecule has 0 unspecified atom stereocenters. The molecule has 142 valence electrons. The van der Waals surface area contributed by atoms with Crippen LogP contribution >= 0.6 is 11.3 Å². The second kappa shape index (κ2) is 6.72. The number of fused-ring (bicyclic) bond motifs is 2. The van der Waals surface area contributed by atoms with Crippen LogP contribution in [0.1, 0.15) is 0 Å². The van der Waals surface area contributed by atoms with Crippen molar-refractivity contribution in [3.8, 4) is 27.6 Å². The van der Waals surface area contributed by atoms with E-state index in [1.165, 1.54) is 29.3 Å². The maximum atomic E-state index is 11.1. The normalized spacial score (nSPS) is 11.2. The molecule has 0 fully saturated rings. The zero-order valence-electron chi connectivity index (χ0n) is 15.3. The quantitative estimate of drug-likeness (QED) is 0.261. The molecule has 0 N–H and O–H groups in total. The van der Waals surface area contributed by atoms with Crippen LogP contribution < -0.4 is 4.74 Å². The van der Waals surface area contributed by atoms with Crippen LogP contribution in [0.15, 0.2) is 71.1 Å². The number of nitro benzene ring substituents is 1. The summed E-state index contributed by atoms with van der Waals surface area (Å²) in [5.41, 5.74) is 2.74. The van der Waals surface area contributed by atoms with Gasteiger partial charge in [-0.1, -0.05) is 18.2 Å². The number of hydrogen-bond donors (Lipinski definition) is 0. The average Bonchev–Trinajstić information content (AvgIpc) is 3.36. The molecule has 0 amide bonds. The lowest BCUT2D eigenvalue weighted by atomic mass is 10.1. The van der Waals surface area contributed by atoms with Crippen molar-refractivity contribution >= 4 is 38.2 Å². The molecule has 0 aliphatic carbocycles. The number of hydrogen-bond acceptors (Lipinski definition) is 6. The molecule has 5 rings (SSSR count). The van der Waals surface area contributed by atoms with Crippen LogP contribution in [0.2, 0.25) is 0 Å². The minimum Gasteiger partial charge on any atom is -0.496 e. The van der Waals surface area contributed by atoms with Crippen LogP contribution in [0.3, 0.4) is 0 Å². The van der Waals surface area contributed by atoms with E-state index in [0.29, 0.717) is 22.4 Å². The third-order valence-electron chi connectivity index (χ3n) is 4.72. The Bertz CT molecular complexity index is 1350. The molecular weight excluding hydrogens is 388 g/mol. The van der Waals surface area contributed by atoms with E-state index in [1.807, 2.05) is 30.3 Å². The van der Waals surface area contributed by atoms with Gasteiger partial charge in [-0.25, -0.2) is 4.98 Å². The third kappa shape index (κ3) is 3.01. The highest BCUT2D eigenvalue weighted by atomic mass is 32.1. The van der Waals surface area contributed by atoms with Gasteiger partial charge in [-0.05, 0) is 47.3 Å². The molecule has 7 heteroatoms. The number of nitro groups is 1. The summed E-state index contributed by atoms with van der Waals surface area (Å²) in [7, 11) is 1.51. The zero-order chi connectivity index (χ0) is 20.0. The smallest absolute Gasteiger partial charge is 0.270 e. The predicted molar refractivity (Wildman–Crippen MR) is 113 cm³/mol. The SMILES string of the molecule is COc1ccc([N+](=O)[O-])cc1-c1nc2cc(-c3cc4ccccc4s3)ccc2o1. The second-order valence-electron chi connectivity index (χ2n) is 6.49. The number of methoxy groups -OCH3 is 1. The van der Waals surface area contributed by atoms with Crippen molar-refractivity contribution in [1.82, 2.24) is 4.98 Å². The van der Waals surface area contributed by atoms with Crippen LogP contribution in [0.25, 0.3) is 43.1 Å². The van der Waals surface area contributed by atoms with E-state index in [1.54, 1.807) is 17.4 Å². The molecule has 3 aromatic carbocycles. The van der Waals surface area contributed by atoms with Crippen LogP contribution in [0, 0.1) is 10.1 Å². The molecule has 0 saturated heterocycles. The van der Waals surface area contributed by atoms with Crippen molar-refractivity contribution in [1.29, 1.82) is 0 Å². The first-order valence-corrected chi connectivity index (χ1v) is 9.66. The van der Waals surface area contributed by atoms with E-state index in [9.17, 15) is 10.1 Å². The Kier molecular flexibility index (Phi) is 4.03. The minimum absolute atomic E-state index is 0.0472. The lowest BCUT2D eigenvalue weighted by molar-refractivity contribution is -0.384. The molecule has 2 heterocycles. The number of benzene rings is 3. The third-order valence-corrected chi connectivity index (χ3v) is 5.89. The molecule has 5 aromatic rings. The molecular formula is C22H14N2O4S. The monoisotopic (exact) mass is 402 g/mol. The highest BCUT2D eigenvalue weighted by molar-refractivity contribution is 7.22. The maximum absolute atomic E-state index is 11.1. The molecule has 0 saturated carbocycles. The lowest BCUT2D eigenvalue weighted by Gasteiger charge is -2.04. The number of oxazole rings is 1. The highest BCUT2D eigenvalue weighted by Gasteiger charge is 2.18. The number of rotatable bonds is 4. The molecule has 6 nitrogen and oxygen atoms in total. The van der Waals surface area contributed by atoms with E-state index < -0.39 is 4.92 Å². The van der Waals surface area contributed by atoms with Crippen LogP contribution in [0.4, 0.5) is 5.69 Å². The minimum atomic E-state index is -0.453. The largest absolute Gasteiger partial charge is 0.496 e. The van der Waals surface area contributed by atoms with Crippen molar-refractivity contribution in [2.75, 3.05) is 7.11 Å². The van der Waals surface area contributed by atoms with E-state index in [-0.39, 0.29) is 11.6 Å². The standard InChI is InChI=1S/C22H14N2O4S/c1-27-18-9-7-15(24(25)26)12-16(18)22-23-17-10-14(6-8-19(17)28-22)21-11-13-4-2-3-5-20(13)29-21/h2-12H,1H3. The summed E-state index contributed by atoms with van der Waals surface area (Å²) in [6.45, 7) is 0. The van der Waals surface area contributed by atoms with Crippen LogP contribution in [0.5, 0.6) is 5.75 Å². The fraction of sp³-hybridized carbons (Fsp3) is 0.0455. The number of aromatic nitrogens is 1. The Morgan fingerprint density at radius 3 is 2.72 bits per heavy atom. The number of non-ortho nitro benzene ring substituents is 1. The Labute approximate surface area is 169 Å². The molecule has 0 spiro atoms. The van der Waals surface area contributed by atoms with Crippen molar-refractivity contribution in [2.24, 2.45) is 0 Å². The molecule has 0 bridgehead atoms. The van der Waals surface area contributed by atoms with Gasteiger partial charge in [0.1, 0.15) is 11.3 Å². The van der Waals surface area contributed by atoms with Gasteiger partial charge >= 0.3 is 0 Å². The van der Waals surface area contributed by atoms with Gasteiger partial charge in [0.25, 0.3) is 5.69 Å². The first-order chi connectivity index (χ1) is 14.1. The Morgan fingerprint density at radius 2 is 1.93 bits per heavy atom. The first kappa shape index (κ1) is 17.4. The van der Waals surface area contributed by atoms with Gasteiger partial charge in [0.05, 0.1) is 17.6 Å². The molecule has 0 atom stereocenters. The van der Waals surface area contributed by atoms with E-state index in [4.69, 9.17) is 9.15 Å². The second-order valence-corrected chi connectivity index (χ2v) is 7.58. The summed E-state index contributed by atoms with van der Waals surface area (Å²) in [6.07, 6.45) is 0. The number of ether oxygens (including phenoxy) is 1. The van der Waals surface area contributed by atoms with E-state index >= 15 is 0 Å². The fourth-order valence-corrected chi connectivity index (χ4v) is 4.36. The van der Waals surface area contributed by atoms with Gasteiger partial charge < -0.3 is 9.15 Å². The maximum Gasteiger partial charge on any atom is 0.270 e. The molecule has 2 aromatic heterocycles. The van der Waals surface area contributed by atoms with Crippen molar-refractivity contribution in [3.05, 3.63) is 76.8 Å². The summed E-state index contributed by atoms with van der Waals surface area (Å²) >= 11 is 1.72. The summed E-state index contributed by atoms with van der Waals surface area (Å²) in [4.78, 5) is 16.4. The van der Waals surface area contributed by atoms with Crippen LogP contribution in [-0.2, 0) is 0 Å².